The molecule has 1 aromatic carbocycles. The molecule has 114 valence electrons. The van der Waals surface area contributed by atoms with E-state index in [1.54, 1.807) is 13.1 Å². The van der Waals surface area contributed by atoms with E-state index in [9.17, 15) is 9.59 Å². The number of hydrogen-bond donors (Lipinski definition) is 0. The molecule has 0 spiro atoms. The van der Waals surface area contributed by atoms with Crippen molar-refractivity contribution >= 4 is 18.0 Å². The largest absolute Gasteiger partial charge is 0.494 e. The van der Waals surface area contributed by atoms with Crippen LogP contribution >= 0.6 is 0 Å². The summed E-state index contributed by atoms with van der Waals surface area (Å²) < 4.78 is 9.99. The minimum Gasteiger partial charge on any atom is -0.494 e. The van der Waals surface area contributed by atoms with Gasteiger partial charge in [-0.25, -0.2) is 0 Å². The molecule has 0 N–H and O–H groups in total. The van der Waals surface area contributed by atoms with Crippen LogP contribution in [0.4, 0.5) is 0 Å². The second-order valence-electron chi connectivity index (χ2n) is 4.52. The highest BCUT2D eigenvalue weighted by atomic mass is 16.5. The summed E-state index contributed by atoms with van der Waals surface area (Å²) in [6, 6.07) is 7.46. The average Bonchev–Trinajstić information content (AvgIpc) is 2.51. The Hall–Kier alpha value is -2.30. The highest BCUT2D eigenvalue weighted by Gasteiger charge is 2.09. The van der Waals surface area contributed by atoms with Crippen LogP contribution in [0.5, 0.6) is 5.75 Å². The molecule has 1 rings (SSSR count). The van der Waals surface area contributed by atoms with E-state index >= 15 is 0 Å². The Morgan fingerprint density at radius 3 is 2.48 bits per heavy atom. The molecular formula is C16H21NO4. The lowest BCUT2D eigenvalue weighted by Gasteiger charge is -2.12. The first-order valence-electron chi connectivity index (χ1n) is 6.79. The minimum atomic E-state index is -0.448. The third-order valence-corrected chi connectivity index (χ3v) is 2.74. The van der Waals surface area contributed by atoms with Gasteiger partial charge in [0.25, 0.3) is 0 Å². The van der Waals surface area contributed by atoms with Gasteiger partial charge in [-0.2, -0.15) is 0 Å². The Kier molecular flexibility index (Phi) is 7.01. The molecule has 1 aromatic rings. The third-order valence-electron chi connectivity index (χ3n) is 2.74. The van der Waals surface area contributed by atoms with Gasteiger partial charge in [0.2, 0.25) is 5.91 Å². The lowest BCUT2D eigenvalue weighted by atomic mass is 10.2. The van der Waals surface area contributed by atoms with Crippen LogP contribution < -0.4 is 4.74 Å². The minimum absolute atomic E-state index is 0.0660. The summed E-state index contributed by atoms with van der Waals surface area (Å²) in [5, 5.41) is 0. The number of esters is 1. The quantitative estimate of drug-likeness (QED) is 0.570. The number of carbonyl (C=O) groups excluding carboxylic acids is 2. The molecule has 0 radical (unpaired) electrons. The van der Waals surface area contributed by atoms with Crippen molar-refractivity contribution in [3.05, 3.63) is 35.9 Å². The highest BCUT2D eigenvalue weighted by Crippen LogP contribution is 2.13. The van der Waals surface area contributed by atoms with Crippen molar-refractivity contribution in [2.75, 3.05) is 27.3 Å². The fourth-order valence-corrected chi connectivity index (χ4v) is 1.53. The van der Waals surface area contributed by atoms with Crippen molar-refractivity contribution in [1.29, 1.82) is 0 Å². The molecule has 21 heavy (non-hydrogen) atoms. The molecule has 0 heterocycles. The summed E-state index contributed by atoms with van der Waals surface area (Å²) >= 11 is 0. The van der Waals surface area contributed by atoms with Crippen LogP contribution in [0.25, 0.3) is 6.08 Å². The molecule has 0 aromatic heterocycles. The fourth-order valence-electron chi connectivity index (χ4n) is 1.53. The Morgan fingerprint density at radius 2 is 1.90 bits per heavy atom. The van der Waals surface area contributed by atoms with E-state index < -0.39 is 5.97 Å². The van der Waals surface area contributed by atoms with Crippen molar-refractivity contribution in [2.45, 2.75) is 13.3 Å². The molecule has 0 aliphatic carbocycles. The Balaban J connectivity index is 2.55. The predicted molar refractivity (Wildman–Crippen MR) is 80.9 cm³/mol. The first kappa shape index (κ1) is 16.8. The molecule has 0 bridgehead atoms. The van der Waals surface area contributed by atoms with E-state index in [1.165, 1.54) is 18.1 Å². The average molecular weight is 291 g/mol. The number of ether oxygens (including phenoxy) is 2. The van der Waals surface area contributed by atoms with Crippen LogP contribution in [-0.2, 0) is 14.3 Å². The number of nitrogens with zero attached hydrogens (tertiary/aromatic N) is 1. The summed E-state index contributed by atoms with van der Waals surface area (Å²) in [7, 11) is 2.84. The van der Waals surface area contributed by atoms with Crippen LogP contribution in [0.2, 0.25) is 0 Å². The van der Waals surface area contributed by atoms with Gasteiger partial charge >= 0.3 is 5.97 Å². The summed E-state index contributed by atoms with van der Waals surface area (Å²) in [6.07, 6.45) is 4.08. The van der Waals surface area contributed by atoms with Crippen molar-refractivity contribution in [1.82, 2.24) is 4.90 Å². The number of benzene rings is 1. The normalized spacial score (nSPS) is 10.4. The molecule has 0 aliphatic heterocycles. The zero-order valence-electron chi connectivity index (χ0n) is 12.7. The van der Waals surface area contributed by atoms with E-state index in [4.69, 9.17) is 4.74 Å². The van der Waals surface area contributed by atoms with Gasteiger partial charge in [-0.05, 0) is 30.2 Å². The molecule has 0 unspecified atom stereocenters. The predicted octanol–water partition coefficient (Wildman–Crippen LogP) is 2.12. The van der Waals surface area contributed by atoms with Crippen LogP contribution in [0, 0.1) is 0 Å². The molecule has 0 atom stereocenters. The zero-order valence-corrected chi connectivity index (χ0v) is 12.7. The van der Waals surface area contributed by atoms with Crippen LogP contribution in [0.3, 0.4) is 0 Å². The van der Waals surface area contributed by atoms with Gasteiger partial charge in [0.15, 0.2) is 0 Å². The first-order valence-corrected chi connectivity index (χ1v) is 6.79. The highest BCUT2D eigenvalue weighted by molar-refractivity contribution is 5.93. The maximum Gasteiger partial charge on any atom is 0.325 e. The summed E-state index contributed by atoms with van der Waals surface area (Å²) in [6.45, 7) is 2.67. The van der Waals surface area contributed by atoms with Gasteiger partial charge in [-0.3, -0.25) is 9.59 Å². The molecule has 0 saturated carbocycles. The summed E-state index contributed by atoms with van der Waals surface area (Å²) in [5.74, 6) is 0.103. The van der Waals surface area contributed by atoms with Crippen molar-refractivity contribution in [3.8, 4) is 5.75 Å². The first-order chi connectivity index (χ1) is 10.1. The van der Waals surface area contributed by atoms with Crippen LogP contribution in [0.1, 0.15) is 18.9 Å². The van der Waals surface area contributed by atoms with E-state index in [0.717, 1.165) is 17.7 Å². The third kappa shape index (κ3) is 6.12. The maximum atomic E-state index is 11.8. The van der Waals surface area contributed by atoms with E-state index in [1.807, 2.05) is 31.2 Å². The Labute approximate surface area is 125 Å². The summed E-state index contributed by atoms with van der Waals surface area (Å²) in [5.41, 5.74) is 0.888. The number of carbonyl (C=O) groups is 2. The molecule has 0 fully saturated rings. The summed E-state index contributed by atoms with van der Waals surface area (Å²) in [4.78, 5) is 24.1. The maximum absolute atomic E-state index is 11.8. The van der Waals surface area contributed by atoms with E-state index in [2.05, 4.69) is 4.74 Å². The van der Waals surface area contributed by atoms with Gasteiger partial charge in [-0.1, -0.05) is 19.1 Å². The Bertz CT molecular complexity index is 494. The van der Waals surface area contributed by atoms with Gasteiger partial charge in [-0.15, -0.1) is 0 Å². The van der Waals surface area contributed by atoms with Gasteiger partial charge in [0, 0.05) is 13.1 Å². The van der Waals surface area contributed by atoms with E-state index in [0.29, 0.717) is 6.61 Å². The SMILES string of the molecule is CCCOc1ccc(/C=C/C(=O)N(C)CC(=O)OC)cc1. The molecule has 5 nitrogen and oxygen atoms in total. The number of rotatable bonds is 7. The number of methoxy groups -OCH3 is 1. The monoisotopic (exact) mass is 291 g/mol. The molecule has 0 saturated heterocycles. The lowest BCUT2D eigenvalue weighted by Crippen LogP contribution is -2.31. The molecule has 0 aliphatic rings. The zero-order chi connectivity index (χ0) is 15.7. The Morgan fingerprint density at radius 1 is 1.24 bits per heavy atom. The molecule has 1 amide bonds. The van der Waals surface area contributed by atoms with Gasteiger partial charge in [0.05, 0.1) is 13.7 Å². The molecular weight excluding hydrogens is 270 g/mol. The van der Waals surface area contributed by atoms with Crippen molar-refractivity contribution < 1.29 is 19.1 Å². The number of hydrogen-bond acceptors (Lipinski definition) is 4. The number of likely N-dealkylation sites (N-methyl/N-ethyl adjacent to an activating group) is 1. The standard InChI is InChI=1S/C16H21NO4/c1-4-11-21-14-8-5-13(6-9-14)7-10-15(18)17(2)12-16(19)20-3/h5-10H,4,11-12H2,1-3H3/b10-7+. The lowest BCUT2D eigenvalue weighted by molar-refractivity contribution is -0.144. The van der Waals surface area contributed by atoms with Gasteiger partial charge < -0.3 is 14.4 Å². The fraction of sp³-hybridized carbons (Fsp3) is 0.375. The second kappa shape index (κ2) is 8.79. The van der Waals surface area contributed by atoms with Crippen molar-refractivity contribution in [2.24, 2.45) is 0 Å². The number of amides is 1. The van der Waals surface area contributed by atoms with Crippen LogP contribution in [-0.4, -0.2) is 44.1 Å². The van der Waals surface area contributed by atoms with Crippen molar-refractivity contribution in [3.63, 3.8) is 0 Å². The molecule has 5 heteroatoms. The van der Waals surface area contributed by atoms with Crippen LogP contribution in [0.15, 0.2) is 30.3 Å². The topological polar surface area (TPSA) is 55.8 Å². The smallest absolute Gasteiger partial charge is 0.325 e. The second-order valence-corrected chi connectivity index (χ2v) is 4.52. The van der Waals surface area contributed by atoms with Gasteiger partial charge in [0.1, 0.15) is 12.3 Å². The van der Waals surface area contributed by atoms with E-state index in [-0.39, 0.29) is 12.5 Å².